The maximum absolute atomic E-state index is 14.5. The Hall–Kier alpha value is -3.75. The van der Waals surface area contributed by atoms with E-state index in [0.29, 0.717) is 41.7 Å². The van der Waals surface area contributed by atoms with Gasteiger partial charge in [-0.1, -0.05) is 0 Å². The zero-order chi connectivity index (χ0) is 20.7. The highest BCUT2D eigenvalue weighted by Gasteiger charge is 2.19. The van der Waals surface area contributed by atoms with Gasteiger partial charge in [0.15, 0.2) is 17.2 Å². The SMILES string of the molecule is Cc1cc(-c2cc3c(n4cnnc24)NCc2c(F)ccc(c2C)OCCO3)cnn1. The van der Waals surface area contributed by atoms with Crippen molar-refractivity contribution >= 4 is 11.5 Å². The summed E-state index contributed by atoms with van der Waals surface area (Å²) in [5.41, 5.74) is 4.39. The quantitative estimate of drug-likeness (QED) is 0.519. The third-order valence-corrected chi connectivity index (χ3v) is 5.15. The molecule has 0 spiro atoms. The molecule has 5 rings (SSSR count). The molecule has 4 heterocycles. The summed E-state index contributed by atoms with van der Waals surface area (Å²) in [6.07, 6.45) is 3.28. The van der Waals surface area contributed by atoms with Gasteiger partial charge < -0.3 is 14.8 Å². The zero-order valence-corrected chi connectivity index (χ0v) is 16.5. The molecule has 0 unspecified atom stereocenters. The van der Waals surface area contributed by atoms with Crippen LogP contribution in [-0.4, -0.2) is 38.0 Å². The largest absolute Gasteiger partial charge is 0.490 e. The van der Waals surface area contributed by atoms with Crippen molar-refractivity contribution in [1.82, 2.24) is 24.8 Å². The highest BCUT2D eigenvalue weighted by Crippen LogP contribution is 2.35. The summed E-state index contributed by atoms with van der Waals surface area (Å²) in [4.78, 5) is 0. The molecule has 30 heavy (non-hydrogen) atoms. The van der Waals surface area contributed by atoms with Crippen LogP contribution in [0, 0.1) is 19.7 Å². The van der Waals surface area contributed by atoms with Gasteiger partial charge in [0.25, 0.3) is 0 Å². The van der Waals surface area contributed by atoms with Gasteiger partial charge in [0, 0.05) is 23.2 Å². The van der Waals surface area contributed by atoms with Crippen LogP contribution in [0.15, 0.2) is 36.8 Å². The van der Waals surface area contributed by atoms with E-state index in [9.17, 15) is 4.39 Å². The van der Waals surface area contributed by atoms with Crippen LogP contribution in [-0.2, 0) is 6.54 Å². The number of fused-ring (bicyclic) bond motifs is 5. The summed E-state index contributed by atoms with van der Waals surface area (Å²) in [6.45, 7) is 4.64. The third-order valence-electron chi connectivity index (χ3n) is 5.15. The Balaban J connectivity index is 1.65. The number of aryl methyl sites for hydroxylation is 1. The number of ether oxygens (including phenoxy) is 2. The molecule has 0 aliphatic carbocycles. The number of benzene rings is 1. The number of rotatable bonds is 1. The van der Waals surface area contributed by atoms with Crippen molar-refractivity contribution in [2.75, 3.05) is 18.5 Å². The molecule has 0 radical (unpaired) electrons. The van der Waals surface area contributed by atoms with Gasteiger partial charge in [0.05, 0.1) is 11.9 Å². The Labute approximate surface area is 171 Å². The number of pyridine rings is 1. The molecule has 1 aromatic carbocycles. The van der Waals surface area contributed by atoms with Crippen molar-refractivity contribution in [3.05, 3.63) is 59.4 Å². The molecule has 1 aliphatic rings. The van der Waals surface area contributed by atoms with Gasteiger partial charge in [-0.3, -0.25) is 4.40 Å². The van der Waals surface area contributed by atoms with Crippen LogP contribution >= 0.6 is 0 Å². The number of hydrogen-bond acceptors (Lipinski definition) is 7. The van der Waals surface area contributed by atoms with Crippen LogP contribution in [0.4, 0.5) is 10.2 Å². The van der Waals surface area contributed by atoms with Crippen LogP contribution in [0.3, 0.4) is 0 Å². The van der Waals surface area contributed by atoms with Crippen LogP contribution < -0.4 is 14.8 Å². The lowest BCUT2D eigenvalue weighted by molar-refractivity contribution is 0.216. The average molecular weight is 406 g/mol. The summed E-state index contributed by atoms with van der Waals surface area (Å²) in [5, 5.41) is 19.7. The standard InChI is InChI=1S/C21H19FN6O2/c1-12-7-14(9-24-26-12)15-8-19-21(28-11-25-27-20(15)28)23-10-16-13(2)18(4-3-17(16)22)29-5-6-30-19/h3-4,7-9,11,23H,5-6,10H2,1-2H3. The minimum Gasteiger partial charge on any atom is -0.490 e. The molecule has 8 nitrogen and oxygen atoms in total. The first-order valence-electron chi connectivity index (χ1n) is 9.55. The molecule has 152 valence electrons. The summed E-state index contributed by atoms with van der Waals surface area (Å²) in [5.74, 6) is 1.59. The molecule has 2 bridgehead atoms. The number of hydrogen-bond donors (Lipinski definition) is 1. The second-order valence-corrected chi connectivity index (χ2v) is 7.08. The Morgan fingerprint density at radius 3 is 2.70 bits per heavy atom. The Bertz CT molecular complexity index is 1260. The molecule has 0 atom stereocenters. The smallest absolute Gasteiger partial charge is 0.170 e. The van der Waals surface area contributed by atoms with Crippen LogP contribution in [0.5, 0.6) is 11.5 Å². The summed E-state index contributed by atoms with van der Waals surface area (Å²) in [6, 6.07) is 6.89. The van der Waals surface area contributed by atoms with Crippen LogP contribution in [0.1, 0.15) is 16.8 Å². The molecular weight excluding hydrogens is 387 g/mol. The molecule has 4 aromatic rings. The van der Waals surface area contributed by atoms with E-state index >= 15 is 0 Å². The van der Waals surface area contributed by atoms with Gasteiger partial charge in [-0.2, -0.15) is 10.2 Å². The normalized spacial score (nSPS) is 13.6. The molecule has 0 fully saturated rings. The van der Waals surface area contributed by atoms with E-state index in [0.717, 1.165) is 22.4 Å². The lowest BCUT2D eigenvalue weighted by Gasteiger charge is -2.17. The van der Waals surface area contributed by atoms with Crippen molar-refractivity contribution in [2.24, 2.45) is 0 Å². The van der Waals surface area contributed by atoms with Crippen LogP contribution in [0.25, 0.3) is 16.8 Å². The Kier molecular flexibility index (Phi) is 4.42. The number of nitrogens with zero attached hydrogens (tertiary/aromatic N) is 5. The molecule has 1 aliphatic heterocycles. The predicted octanol–water partition coefficient (Wildman–Crippen LogP) is 3.33. The van der Waals surface area contributed by atoms with Gasteiger partial charge in [-0.05, 0) is 43.7 Å². The maximum atomic E-state index is 14.5. The molecule has 0 saturated heterocycles. The number of nitrogens with one attached hydrogen (secondary N) is 1. The number of aromatic nitrogens is 5. The maximum Gasteiger partial charge on any atom is 0.170 e. The summed E-state index contributed by atoms with van der Waals surface area (Å²) in [7, 11) is 0. The molecule has 0 saturated carbocycles. The second-order valence-electron chi connectivity index (χ2n) is 7.08. The van der Waals surface area contributed by atoms with Crippen molar-refractivity contribution in [3.8, 4) is 22.6 Å². The third kappa shape index (κ3) is 3.08. The van der Waals surface area contributed by atoms with E-state index in [2.05, 4.69) is 25.7 Å². The van der Waals surface area contributed by atoms with Gasteiger partial charge in [-0.25, -0.2) is 4.39 Å². The lowest BCUT2D eigenvalue weighted by atomic mass is 10.1. The summed E-state index contributed by atoms with van der Waals surface area (Å²) >= 11 is 0. The molecular formula is C21H19FN6O2. The van der Waals surface area contributed by atoms with Crippen LogP contribution in [0.2, 0.25) is 0 Å². The average Bonchev–Trinajstić information content (AvgIpc) is 3.21. The minimum absolute atomic E-state index is 0.258. The monoisotopic (exact) mass is 406 g/mol. The number of halogens is 1. The molecule has 9 heteroatoms. The highest BCUT2D eigenvalue weighted by atomic mass is 19.1. The van der Waals surface area contributed by atoms with Crippen molar-refractivity contribution in [3.63, 3.8) is 0 Å². The van der Waals surface area contributed by atoms with Gasteiger partial charge in [0.1, 0.15) is 31.1 Å². The fourth-order valence-electron chi connectivity index (χ4n) is 3.63. The van der Waals surface area contributed by atoms with Gasteiger partial charge in [-0.15, -0.1) is 10.2 Å². The number of anilines is 1. The van der Waals surface area contributed by atoms with E-state index in [4.69, 9.17) is 9.47 Å². The zero-order valence-electron chi connectivity index (χ0n) is 16.5. The lowest BCUT2D eigenvalue weighted by Crippen LogP contribution is -2.11. The fraction of sp³-hybridized carbons (Fsp3) is 0.238. The molecule has 0 amide bonds. The van der Waals surface area contributed by atoms with Crippen molar-refractivity contribution in [2.45, 2.75) is 20.4 Å². The summed E-state index contributed by atoms with van der Waals surface area (Å²) < 4.78 is 28.2. The van der Waals surface area contributed by atoms with E-state index in [1.807, 2.05) is 26.0 Å². The first-order chi connectivity index (χ1) is 14.6. The minimum atomic E-state index is -0.288. The van der Waals surface area contributed by atoms with Crippen molar-refractivity contribution in [1.29, 1.82) is 0 Å². The fourth-order valence-corrected chi connectivity index (χ4v) is 3.63. The van der Waals surface area contributed by atoms with E-state index < -0.39 is 0 Å². The molecule has 3 aromatic heterocycles. The predicted molar refractivity (Wildman–Crippen MR) is 108 cm³/mol. The topological polar surface area (TPSA) is 86.5 Å². The molecule has 1 N–H and O–H groups in total. The first-order valence-corrected chi connectivity index (χ1v) is 9.55. The van der Waals surface area contributed by atoms with Gasteiger partial charge in [0.2, 0.25) is 0 Å². The Morgan fingerprint density at radius 1 is 1.03 bits per heavy atom. The van der Waals surface area contributed by atoms with E-state index in [1.165, 1.54) is 6.07 Å². The first kappa shape index (κ1) is 18.3. The van der Waals surface area contributed by atoms with E-state index in [1.54, 1.807) is 23.0 Å². The Morgan fingerprint density at radius 2 is 1.87 bits per heavy atom. The van der Waals surface area contributed by atoms with E-state index in [-0.39, 0.29) is 12.4 Å². The highest BCUT2D eigenvalue weighted by molar-refractivity contribution is 5.81. The van der Waals surface area contributed by atoms with Crippen molar-refractivity contribution < 1.29 is 13.9 Å². The van der Waals surface area contributed by atoms with Gasteiger partial charge >= 0.3 is 0 Å². The second kappa shape index (κ2) is 7.25.